The lowest BCUT2D eigenvalue weighted by atomic mass is 9.88. The van der Waals surface area contributed by atoms with Gasteiger partial charge in [-0.05, 0) is 6.42 Å². The molecule has 0 aliphatic carbocycles. The molecule has 5 atom stereocenters. The summed E-state index contributed by atoms with van der Waals surface area (Å²) in [5, 5.41) is 0.487. The van der Waals surface area contributed by atoms with Crippen molar-refractivity contribution in [3.63, 3.8) is 0 Å². The topological polar surface area (TPSA) is 57.0 Å². The van der Waals surface area contributed by atoms with Crippen molar-refractivity contribution in [3.05, 3.63) is 0 Å². The molecule has 0 saturated carbocycles. The second-order valence-electron chi connectivity index (χ2n) is 5.88. The molecule has 1 N–H and O–H groups in total. The van der Waals surface area contributed by atoms with E-state index in [1.54, 1.807) is 11.8 Å². The molecule has 4 aliphatic rings. The first kappa shape index (κ1) is 13.3. The van der Waals surface area contributed by atoms with Gasteiger partial charge in [0.15, 0.2) is 18.8 Å². The first-order valence-electron chi connectivity index (χ1n) is 7.19. The summed E-state index contributed by atoms with van der Waals surface area (Å²) < 4.78 is 11.1. The van der Waals surface area contributed by atoms with Gasteiger partial charge in [-0.3, -0.25) is 4.79 Å². The predicted molar refractivity (Wildman–Crippen MR) is 75.9 cm³/mol. The highest BCUT2D eigenvalue weighted by molar-refractivity contribution is 8.01. The van der Waals surface area contributed by atoms with Crippen LogP contribution in [0, 0.1) is 5.92 Å². The number of esters is 2. The molecule has 0 aromatic carbocycles. The van der Waals surface area contributed by atoms with E-state index in [1.165, 1.54) is 4.90 Å². The number of nitrogens with one attached hydrogen (secondary N) is 1. The number of hydrogen-bond acceptors (Lipinski definition) is 6. The van der Waals surface area contributed by atoms with Crippen LogP contribution in [0.15, 0.2) is 0 Å². The lowest BCUT2D eigenvalue weighted by Crippen LogP contribution is -3.14. The molecule has 0 aromatic rings. The number of quaternary nitrogens is 1. The average Bonchev–Trinajstić information content (AvgIpc) is 3.04. The van der Waals surface area contributed by atoms with Crippen LogP contribution in [0.5, 0.6) is 0 Å². The molecule has 0 spiro atoms. The highest BCUT2D eigenvalue weighted by Crippen LogP contribution is 2.55. The van der Waals surface area contributed by atoms with E-state index >= 15 is 0 Å². The van der Waals surface area contributed by atoms with E-state index in [0.717, 1.165) is 31.0 Å². The van der Waals surface area contributed by atoms with Crippen LogP contribution in [0.1, 0.15) is 6.42 Å². The molecule has 110 valence electrons. The molecule has 4 fully saturated rings. The van der Waals surface area contributed by atoms with Gasteiger partial charge in [-0.15, -0.1) is 11.8 Å². The number of ether oxygens (including phenoxy) is 2. The molecule has 20 heavy (non-hydrogen) atoms. The minimum Gasteiger partial charge on any atom is -0.457 e. The Bertz CT molecular complexity index is 440. The molecule has 4 rings (SSSR count). The second kappa shape index (κ2) is 5.10. The molecule has 0 amide bonds. The lowest BCUT2D eigenvalue weighted by Gasteiger charge is -2.26. The van der Waals surface area contributed by atoms with Crippen molar-refractivity contribution in [1.29, 1.82) is 0 Å². The zero-order valence-corrected chi connectivity index (χ0v) is 12.7. The summed E-state index contributed by atoms with van der Waals surface area (Å²) in [5.74, 6) is 2.06. The minimum absolute atomic E-state index is 0.0506. The van der Waals surface area contributed by atoms with Gasteiger partial charge < -0.3 is 14.4 Å². The monoisotopic (exact) mass is 316 g/mol. The van der Waals surface area contributed by atoms with Crippen LogP contribution < -0.4 is 4.90 Å². The van der Waals surface area contributed by atoms with Crippen LogP contribution in [0.25, 0.3) is 0 Å². The standard InChI is InChI=1S/C13H17NO4S2/c15-9(6-14-1-3-19-4-2-14)17-10-8-5-7-12(20-8)11(10)18-13(7)16/h7-8,10-12H,1-6H2/p+1. The number of hydrogen-bond donors (Lipinski definition) is 1. The molecular weight excluding hydrogens is 298 g/mol. The van der Waals surface area contributed by atoms with Crippen molar-refractivity contribution in [3.8, 4) is 0 Å². The van der Waals surface area contributed by atoms with Crippen molar-refractivity contribution in [2.75, 3.05) is 31.1 Å². The number of rotatable bonds is 3. The summed E-state index contributed by atoms with van der Waals surface area (Å²) >= 11 is 3.72. The Balaban J connectivity index is 1.35. The zero-order chi connectivity index (χ0) is 13.7. The number of carbonyl (C=O) groups is 2. The van der Waals surface area contributed by atoms with Gasteiger partial charge in [0.1, 0.15) is 0 Å². The highest BCUT2D eigenvalue weighted by Gasteiger charge is 2.64. The van der Waals surface area contributed by atoms with Gasteiger partial charge in [-0.25, -0.2) is 4.79 Å². The molecule has 5 nitrogen and oxygen atoms in total. The molecule has 0 aromatic heterocycles. The van der Waals surface area contributed by atoms with Crippen molar-refractivity contribution >= 4 is 35.5 Å². The quantitative estimate of drug-likeness (QED) is 0.671. The van der Waals surface area contributed by atoms with Gasteiger partial charge in [0.25, 0.3) is 0 Å². The fraction of sp³-hybridized carbons (Fsp3) is 0.846. The highest BCUT2D eigenvalue weighted by atomic mass is 32.2. The van der Waals surface area contributed by atoms with E-state index in [9.17, 15) is 9.59 Å². The largest absolute Gasteiger partial charge is 0.457 e. The van der Waals surface area contributed by atoms with Crippen molar-refractivity contribution < 1.29 is 24.0 Å². The first-order valence-corrected chi connectivity index (χ1v) is 9.29. The van der Waals surface area contributed by atoms with E-state index in [0.29, 0.717) is 6.54 Å². The molecule has 4 aliphatic heterocycles. The third-order valence-electron chi connectivity index (χ3n) is 4.65. The van der Waals surface area contributed by atoms with Crippen molar-refractivity contribution in [2.45, 2.75) is 29.1 Å². The van der Waals surface area contributed by atoms with E-state index in [4.69, 9.17) is 9.47 Å². The maximum Gasteiger partial charge on any atom is 0.362 e. The Hall–Kier alpha value is -0.400. The Morgan fingerprint density at radius 1 is 1.40 bits per heavy atom. The summed E-state index contributed by atoms with van der Waals surface area (Å²) in [6.07, 6.45) is 0.418. The summed E-state index contributed by atoms with van der Waals surface area (Å²) in [6, 6.07) is 0. The molecule has 4 heterocycles. The second-order valence-corrected chi connectivity index (χ2v) is 8.52. The molecular formula is C13H18NO4S2+. The van der Waals surface area contributed by atoms with Crippen molar-refractivity contribution in [1.82, 2.24) is 0 Å². The van der Waals surface area contributed by atoms with Gasteiger partial charge in [0.05, 0.1) is 24.3 Å². The van der Waals surface area contributed by atoms with Crippen LogP contribution in [-0.2, 0) is 19.1 Å². The Morgan fingerprint density at radius 2 is 2.20 bits per heavy atom. The molecule has 0 radical (unpaired) electrons. The van der Waals surface area contributed by atoms with Gasteiger partial charge >= 0.3 is 11.9 Å². The molecule has 7 heteroatoms. The van der Waals surface area contributed by atoms with Crippen LogP contribution >= 0.6 is 23.5 Å². The van der Waals surface area contributed by atoms with Crippen LogP contribution in [0.4, 0.5) is 0 Å². The van der Waals surface area contributed by atoms with Crippen LogP contribution in [0.2, 0.25) is 0 Å². The van der Waals surface area contributed by atoms with E-state index in [2.05, 4.69) is 0 Å². The van der Waals surface area contributed by atoms with Gasteiger partial charge in [-0.2, -0.15) is 11.8 Å². The third kappa shape index (κ3) is 2.14. The summed E-state index contributed by atoms with van der Waals surface area (Å²) in [7, 11) is 0. The van der Waals surface area contributed by atoms with Gasteiger partial charge in [0.2, 0.25) is 0 Å². The van der Waals surface area contributed by atoms with Crippen LogP contribution in [-0.4, -0.2) is 65.8 Å². The van der Waals surface area contributed by atoms with Crippen molar-refractivity contribution in [2.24, 2.45) is 5.92 Å². The van der Waals surface area contributed by atoms with E-state index < -0.39 is 0 Å². The number of carbonyl (C=O) groups excluding carboxylic acids is 2. The zero-order valence-electron chi connectivity index (χ0n) is 11.1. The predicted octanol–water partition coefficient (Wildman–Crippen LogP) is -1.04. The lowest BCUT2D eigenvalue weighted by molar-refractivity contribution is -0.888. The summed E-state index contributed by atoms with van der Waals surface area (Å²) in [5.41, 5.74) is 0. The SMILES string of the molecule is O=C(C[NH+]1CCSCC1)OC1C2CC3C(=O)OC1C3S2. The Kier molecular flexibility index (Phi) is 3.39. The Morgan fingerprint density at radius 3 is 3.00 bits per heavy atom. The van der Waals surface area contributed by atoms with E-state index in [-0.39, 0.29) is 40.6 Å². The third-order valence-corrected chi connectivity index (χ3v) is 7.35. The van der Waals surface area contributed by atoms with E-state index in [1.807, 2.05) is 11.8 Å². The summed E-state index contributed by atoms with van der Waals surface area (Å²) in [6.45, 7) is 2.51. The summed E-state index contributed by atoms with van der Waals surface area (Å²) in [4.78, 5) is 25.1. The maximum atomic E-state index is 12.1. The molecule has 4 saturated heterocycles. The average molecular weight is 316 g/mol. The van der Waals surface area contributed by atoms with Gasteiger partial charge in [-0.1, -0.05) is 0 Å². The minimum atomic E-state index is -0.209. The maximum absolute atomic E-state index is 12.1. The molecule has 2 bridgehead atoms. The van der Waals surface area contributed by atoms with Gasteiger partial charge in [0, 0.05) is 16.8 Å². The number of thioether (sulfide) groups is 2. The number of fused-ring (bicyclic) bond motifs is 1. The normalized spacial score (nSPS) is 42.8. The smallest absolute Gasteiger partial charge is 0.362 e. The first-order chi connectivity index (χ1) is 9.72. The fourth-order valence-electron chi connectivity index (χ4n) is 3.62. The fourth-order valence-corrected chi connectivity index (χ4v) is 6.55. The van der Waals surface area contributed by atoms with Crippen LogP contribution in [0.3, 0.4) is 0 Å². The molecule has 5 unspecified atom stereocenters. The Labute approximate surface area is 126 Å².